The predicted molar refractivity (Wildman–Crippen MR) is 161 cm³/mol. The quantitative estimate of drug-likeness (QED) is 0.255. The van der Waals surface area contributed by atoms with E-state index >= 15 is 0 Å². The van der Waals surface area contributed by atoms with E-state index in [9.17, 15) is 9.59 Å². The Balaban J connectivity index is 1.56. The third-order valence-electron chi connectivity index (χ3n) is 6.80. The second-order valence-electron chi connectivity index (χ2n) is 9.43. The standard InChI is InChI=1S/C32H25ClN4O3S/c1-3-40-31(39)27-20(2)34-32-37(29(27)22-14-16-24(33)17-15-22)30(38)26(41-32)18-23-19-36(25-12-8-5-9-13-25)35-28(23)21-10-6-4-7-11-21/h4-19,29H,3H2,1-2H3. The van der Waals surface area contributed by atoms with E-state index in [1.54, 1.807) is 30.5 Å². The molecule has 0 saturated heterocycles. The molecule has 0 amide bonds. The predicted octanol–water partition coefficient (Wildman–Crippen LogP) is 5.30. The van der Waals surface area contributed by atoms with Crippen molar-refractivity contribution in [2.75, 3.05) is 6.61 Å². The van der Waals surface area contributed by atoms with Gasteiger partial charge in [-0.2, -0.15) is 5.10 Å². The first-order chi connectivity index (χ1) is 19.9. The normalized spacial score (nSPS) is 15.0. The molecule has 5 aromatic rings. The zero-order valence-corrected chi connectivity index (χ0v) is 23.9. The highest BCUT2D eigenvalue weighted by atomic mass is 35.5. The Bertz CT molecular complexity index is 1960. The number of rotatable bonds is 6. The van der Waals surface area contributed by atoms with Gasteiger partial charge in [-0.15, -0.1) is 0 Å². The molecule has 41 heavy (non-hydrogen) atoms. The molecule has 1 aliphatic heterocycles. The monoisotopic (exact) mass is 580 g/mol. The van der Waals surface area contributed by atoms with Gasteiger partial charge < -0.3 is 4.74 Å². The summed E-state index contributed by atoms with van der Waals surface area (Å²) < 4.78 is 9.24. The summed E-state index contributed by atoms with van der Waals surface area (Å²) in [6.45, 7) is 3.73. The maximum absolute atomic E-state index is 14.1. The number of hydrogen-bond acceptors (Lipinski definition) is 6. The molecule has 7 nitrogen and oxygen atoms in total. The zero-order chi connectivity index (χ0) is 28.5. The highest BCUT2D eigenvalue weighted by Gasteiger charge is 2.33. The van der Waals surface area contributed by atoms with Crippen LogP contribution in [0.5, 0.6) is 0 Å². The summed E-state index contributed by atoms with van der Waals surface area (Å²) in [7, 11) is 0. The second kappa shape index (κ2) is 11.2. The van der Waals surface area contributed by atoms with Crippen LogP contribution in [0.3, 0.4) is 0 Å². The number of carbonyl (C=O) groups is 1. The fourth-order valence-electron chi connectivity index (χ4n) is 4.92. The number of para-hydroxylation sites is 1. The molecule has 1 aliphatic rings. The Morgan fingerprint density at radius 1 is 1.02 bits per heavy atom. The smallest absolute Gasteiger partial charge is 0.338 e. The van der Waals surface area contributed by atoms with Gasteiger partial charge in [-0.25, -0.2) is 14.5 Å². The van der Waals surface area contributed by atoms with Crippen molar-refractivity contribution in [1.82, 2.24) is 14.3 Å². The molecule has 6 rings (SSSR count). The number of halogens is 1. The minimum Gasteiger partial charge on any atom is -0.463 e. The van der Waals surface area contributed by atoms with E-state index in [0.29, 0.717) is 25.6 Å². The van der Waals surface area contributed by atoms with Crippen molar-refractivity contribution in [3.63, 3.8) is 0 Å². The number of esters is 1. The van der Waals surface area contributed by atoms with Crippen LogP contribution in [0, 0.1) is 0 Å². The molecular formula is C32H25ClN4O3S. The summed E-state index contributed by atoms with van der Waals surface area (Å²) >= 11 is 7.44. The summed E-state index contributed by atoms with van der Waals surface area (Å²) in [5, 5.41) is 5.43. The van der Waals surface area contributed by atoms with Crippen molar-refractivity contribution in [3.05, 3.63) is 138 Å². The highest BCUT2D eigenvalue weighted by molar-refractivity contribution is 7.07. The molecular weight excluding hydrogens is 556 g/mol. The van der Waals surface area contributed by atoms with Crippen molar-refractivity contribution < 1.29 is 9.53 Å². The van der Waals surface area contributed by atoms with Crippen LogP contribution in [-0.2, 0) is 9.53 Å². The number of thiazole rings is 1. The fraction of sp³-hybridized carbons (Fsp3) is 0.125. The number of nitrogens with zero attached hydrogens (tertiary/aromatic N) is 4. The molecule has 9 heteroatoms. The Labute approximate surface area is 245 Å². The van der Waals surface area contributed by atoms with Gasteiger partial charge in [0.2, 0.25) is 0 Å². The van der Waals surface area contributed by atoms with Gasteiger partial charge in [0, 0.05) is 22.3 Å². The molecule has 0 bridgehead atoms. The van der Waals surface area contributed by atoms with Gasteiger partial charge in [-0.3, -0.25) is 9.36 Å². The largest absolute Gasteiger partial charge is 0.463 e. The summed E-state index contributed by atoms with van der Waals surface area (Å²) in [6, 6.07) is 26.1. The summed E-state index contributed by atoms with van der Waals surface area (Å²) in [5.41, 5.74) is 4.69. The lowest BCUT2D eigenvalue weighted by Gasteiger charge is -2.24. The van der Waals surface area contributed by atoms with E-state index in [-0.39, 0.29) is 12.2 Å². The lowest BCUT2D eigenvalue weighted by atomic mass is 9.96. The molecule has 0 saturated carbocycles. The van der Waals surface area contributed by atoms with E-state index in [1.807, 2.05) is 89.8 Å². The molecule has 1 atom stereocenters. The van der Waals surface area contributed by atoms with Crippen molar-refractivity contribution in [2.45, 2.75) is 19.9 Å². The van der Waals surface area contributed by atoms with Gasteiger partial charge in [0.05, 0.1) is 39.8 Å². The number of benzene rings is 3. The molecule has 0 N–H and O–H groups in total. The van der Waals surface area contributed by atoms with E-state index in [0.717, 1.165) is 28.1 Å². The van der Waals surface area contributed by atoms with Crippen LogP contribution in [-0.4, -0.2) is 26.9 Å². The molecule has 3 aromatic carbocycles. The van der Waals surface area contributed by atoms with E-state index in [1.165, 1.54) is 11.3 Å². The van der Waals surface area contributed by atoms with E-state index < -0.39 is 12.0 Å². The summed E-state index contributed by atoms with van der Waals surface area (Å²) in [4.78, 5) is 32.4. The Morgan fingerprint density at radius 2 is 1.71 bits per heavy atom. The topological polar surface area (TPSA) is 78.5 Å². The zero-order valence-electron chi connectivity index (χ0n) is 22.3. The van der Waals surface area contributed by atoms with Gasteiger partial charge in [0.15, 0.2) is 4.80 Å². The van der Waals surface area contributed by atoms with Crippen molar-refractivity contribution in [2.24, 2.45) is 4.99 Å². The molecule has 1 unspecified atom stereocenters. The molecule has 3 heterocycles. The molecule has 2 aromatic heterocycles. The first-order valence-corrected chi connectivity index (χ1v) is 14.3. The van der Waals surface area contributed by atoms with Gasteiger partial charge >= 0.3 is 5.97 Å². The van der Waals surface area contributed by atoms with Crippen LogP contribution in [0.1, 0.15) is 31.0 Å². The lowest BCUT2D eigenvalue weighted by molar-refractivity contribution is -0.139. The van der Waals surface area contributed by atoms with Crippen molar-refractivity contribution in [1.29, 1.82) is 0 Å². The average Bonchev–Trinajstić information content (AvgIpc) is 3.54. The molecule has 0 spiro atoms. The third kappa shape index (κ3) is 5.08. The summed E-state index contributed by atoms with van der Waals surface area (Å²) in [6.07, 6.45) is 3.77. The number of hydrogen-bond donors (Lipinski definition) is 0. The Morgan fingerprint density at radius 3 is 2.39 bits per heavy atom. The average molecular weight is 581 g/mol. The van der Waals surface area contributed by atoms with Crippen LogP contribution in [0.4, 0.5) is 0 Å². The fourth-order valence-corrected chi connectivity index (χ4v) is 6.08. The van der Waals surface area contributed by atoms with Crippen molar-refractivity contribution >= 4 is 35.0 Å². The Kier molecular flexibility index (Phi) is 7.26. The first kappa shape index (κ1) is 26.7. The number of fused-ring (bicyclic) bond motifs is 1. The minimum absolute atomic E-state index is 0.209. The molecule has 0 fully saturated rings. The first-order valence-electron chi connectivity index (χ1n) is 13.1. The van der Waals surface area contributed by atoms with Gasteiger partial charge in [-0.1, -0.05) is 83.6 Å². The van der Waals surface area contributed by atoms with Crippen LogP contribution in [0.25, 0.3) is 23.0 Å². The van der Waals surface area contributed by atoms with Crippen LogP contribution in [0.2, 0.25) is 5.02 Å². The molecule has 204 valence electrons. The minimum atomic E-state index is -0.703. The maximum atomic E-state index is 14.1. The van der Waals surface area contributed by atoms with Crippen LogP contribution >= 0.6 is 22.9 Å². The van der Waals surface area contributed by atoms with Gasteiger partial charge in [-0.05, 0) is 49.8 Å². The number of aromatic nitrogens is 3. The SMILES string of the molecule is CCOC(=O)C1=C(C)N=c2sc(=Cc3cn(-c4ccccc4)nc3-c3ccccc3)c(=O)n2C1c1ccc(Cl)cc1. The van der Waals surface area contributed by atoms with E-state index in [2.05, 4.69) is 4.99 Å². The number of ether oxygens (including phenoxy) is 1. The maximum Gasteiger partial charge on any atom is 0.338 e. The lowest BCUT2D eigenvalue weighted by Crippen LogP contribution is -2.39. The van der Waals surface area contributed by atoms with Crippen LogP contribution in [0.15, 0.2) is 112 Å². The highest BCUT2D eigenvalue weighted by Crippen LogP contribution is 2.31. The van der Waals surface area contributed by atoms with Crippen LogP contribution < -0.4 is 14.9 Å². The third-order valence-corrected chi connectivity index (χ3v) is 8.03. The molecule has 0 radical (unpaired) electrons. The number of allylic oxidation sites excluding steroid dienone is 1. The Hall–Kier alpha value is -4.53. The van der Waals surface area contributed by atoms with E-state index in [4.69, 9.17) is 21.4 Å². The number of carbonyl (C=O) groups excluding carboxylic acids is 1. The van der Waals surface area contributed by atoms with Gasteiger partial charge in [0.1, 0.15) is 0 Å². The van der Waals surface area contributed by atoms with Crippen molar-refractivity contribution in [3.8, 4) is 16.9 Å². The molecule has 0 aliphatic carbocycles. The second-order valence-corrected chi connectivity index (χ2v) is 10.9. The van der Waals surface area contributed by atoms with Gasteiger partial charge in [0.25, 0.3) is 5.56 Å². The summed E-state index contributed by atoms with van der Waals surface area (Å²) in [5.74, 6) is -0.501.